The number of aliphatic hydroxyl groups excluding tert-OH is 1. The van der Waals surface area contributed by atoms with Gasteiger partial charge in [-0.1, -0.05) is 21.9 Å². The van der Waals surface area contributed by atoms with Crippen LogP contribution in [0.4, 0.5) is 4.39 Å². The zero-order valence-electron chi connectivity index (χ0n) is 10.9. The molecule has 3 rings (SSSR count). The van der Waals surface area contributed by atoms with Crippen LogP contribution in [-0.4, -0.2) is 31.8 Å². The molecule has 8 nitrogen and oxygen atoms in total. The molecule has 0 unspecified atom stereocenters. The summed E-state index contributed by atoms with van der Waals surface area (Å²) >= 11 is 5.72. The first-order valence-electron chi connectivity index (χ1n) is 6.08. The Morgan fingerprint density at radius 1 is 1.32 bits per heavy atom. The minimum Gasteiger partial charge on any atom is -0.396 e. The van der Waals surface area contributed by atoms with Crippen LogP contribution in [0.25, 0.3) is 17.2 Å². The molecule has 2 heterocycles. The van der Waals surface area contributed by atoms with Gasteiger partial charge in [0.1, 0.15) is 11.5 Å². The number of nitrogens with zero attached hydrogens (tertiary/aromatic N) is 4. The van der Waals surface area contributed by atoms with Crippen molar-refractivity contribution in [3.63, 3.8) is 0 Å². The normalized spacial score (nSPS) is 11.0. The SMILES string of the molecule is O=c1onc(-c2nonc2CCO)n1-c1ccc(F)c(Cl)c1. The molecule has 1 aromatic carbocycles. The Balaban J connectivity index is 2.17. The van der Waals surface area contributed by atoms with Crippen LogP contribution in [0.2, 0.25) is 5.02 Å². The lowest BCUT2D eigenvalue weighted by Gasteiger charge is -2.04. The van der Waals surface area contributed by atoms with Crippen molar-refractivity contribution in [2.45, 2.75) is 6.42 Å². The molecule has 0 fully saturated rings. The summed E-state index contributed by atoms with van der Waals surface area (Å²) < 4.78 is 23.5. The molecular weight excluding hydrogens is 319 g/mol. The Kier molecular flexibility index (Phi) is 3.73. The number of hydrogen-bond acceptors (Lipinski definition) is 7. The molecular formula is C12H8ClFN4O4. The molecule has 0 bridgehead atoms. The number of hydrogen-bond donors (Lipinski definition) is 1. The summed E-state index contributed by atoms with van der Waals surface area (Å²) in [7, 11) is 0. The summed E-state index contributed by atoms with van der Waals surface area (Å²) in [6.45, 7) is -0.189. The van der Waals surface area contributed by atoms with Gasteiger partial charge in [-0.05, 0) is 23.4 Å². The van der Waals surface area contributed by atoms with Crippen molar-refractivity contribution in [2.75, 3.05) is 6.61 Å². The minimum atomic E-state index is -0.810. The van der Waals surface area contributed by atoms with Crippen molar-refractivity contribution < 1.29 is 18.6 Å². The summed E-state index contributed by atoms with van der Waals surface area (Å²) in [5.41, 5.74) is 0.684. The van der Waals surface area contributed by atoms with Crippen molar-refractivity contribution in [3.05, 3.63) is 45.3 Å². The molecule has 0 spiro atoms. The van der Waals surface area contributed by atoms with Gasteiger partial charge in [-0.15, -0.1) is 0 Å². The van der Waals surface area contributed by atoms with Crippen LogP contribution >= 0.6 is 11.6 Å². The highest BCUT2D eigenvalue weighted by Crippen LogP contribution is 2.23. The van der Waals surface area contributed by atoms with Gasteiger partial charge in [0.15, 0.2) is 5.69 Å². The van der Waals surface area contributed by atoms with E-state index in [2.05, 4.69) is 24.6 Å². The van der Waals surface area contributed by atoms with Crippen LogP contribution in [0, 0.1) is 5.82 Å². The zero-order chi connectivity index (χ0) is 15.7. The summed E-state index contributed by atoms with van der Waals surface area (Å²) in [5.74, 6) is -1.42. The van der Waals surface area contributed by atoms with Gasteiger partial charge in [0.25, 0.3) is 0 Å². The highest BCUT2D eigenvalue weighted by Gasteiger charge is 2.22. The molecule has 0 aliphatic carbocycles. The van der Waals surface area contributed by atoms with Gasteiger partial charge in [-0.25, -0.2) is 18.4 Å². The Labute approximate surface area is 126 Å². The number of halogens is 2. The van der Waals surface area contributed by atoms with E-state index in [-0.39, 0.29) is 35.3 Å². The first-order chi connectivity index (χ1) is 10.6. The van der Waals surface area contributed by atoms with Crippen LogP contribution in [-0.2, 0) is 6.42 Å². The Hall–Kier alpha value is -2.52. The summed E-state index contributed by atoms with van der Waals surface area (Å²) in [6, 6.07) is 3.69. The molecule has 114 valence electrons. The smallest absolute Gasteiger partial charge is 0.396 e. The average molecular weight is 327 g/mol. The first kappa shape index (κ1) is 14.4. The molecule has 0 radical (unpaired) electrons. The van der Waals surface area contributed by atoms with Gasteiger partial charge >= 0.3 is 5.76 Å². The van der Waals surface area contributed by atoms with E-state index in [0.29, 0.717) is 5.69 Å². The quantitative estimate of drug-likeness (QED) is 0.767. The van der Waals surface area contributed by atoms with E-state index in [9.17, 15) is 9.18 Å². The second-order valence-corrected chi connectivity index (χ2v) is 4.65. The van der Waals surface area contributed by atoms with Gasteiger partial charge in [0.05, 0.1) is 10.7 Å². The van der Waals surface area contributed by atoms with E-state index in [0.717, 1.165) is 10.6 Å². The maximum atomic E-state index is 13.3. The fourth-order valence-electron chi connectivity index (χ4n) is 1.90. The molecule has 0 saturated carbocycles. The third-order valence-electron chi connectivity index (χ3n) is 2.88. The van der Waals surface area contributed by atoms with Gasteiger partial charge in [-0.2, -0.15) is 0 Å². The predicted molar refractivity (Wildman–Crippen MR) is 71.1 cm³/mol. The first-order valence-corrected chi connectivity index (χ1v) is 6.46. The third-order valence-corrected chi connectivity index (χ3v) is 3.17. The van der Waals surface area contributed by atoms with E-state index in [1.807, 2.05) is 0 Å². The van der Waals surface area contributed by atoms with Gasteiger partial charge in [-0.3, -0.25) is 4.52 Å². The molecule has 1 N–H and O–H groups in total. The monoisotopic (exact) mass is 326 g/mol. The maximum absolute atomic E-state index is 13.3. The number of rotatable bonds is 4. The van der Waals surface area contributed by atoms with E-state index >= 15 is 0 Å². The van der Waals surface area contributed by atoms with Gasteiger partial charge in [0, 0.05) is 13.0 Å². The van der Waals surface area contributed by atoms with Crippen molar-refractivity contribution in [2.24, 2.45) is 0 Å². The van der Waals surface area contributed by atoms with E-state index < -0.39 is 11.6 Å². The van der Waals surface area contributed by atoms with Crippen LogP contribution in [0.1, 0.15) is 5.69 Å². The summed E-state index contributed by atoms with van der Waals surface area (Å²) in [4.78, 5) is 11.9. The topological polar surface area (TPSA) is 107 Å². The Morgan fingerprint density at radius 3 is 2.86 bits per heavy atom. The minimum absolute atomic E-state index is 0.0115. The van der Waals surface area contributed by atoms with E-state index in [1.54, 1.807) is 0 Å². The average Bonchev–Trinajstić information content (AvgIpc) is 3.09. The van der Waals surface area contributed by atoms with Crippen LogP contribution in [0.3, 0.4) is 0 Å². The zero-order valence-corrected chi connectivity index (χ0v) is 11.6. The van der Waals surface area contributed by atoms with Gasteiger partial charge in [0.2, 0.25) is 5.82 Å². The van der Waals surface area contributed by atoms with Crippen molar-refractivity contribution >= 4 is 11.6 Å². The lowest BCUT2D eigenvalue weighted by atomic mass is 10.2. The lowest BCUT2D eigenvalue weighted by Crippen LogP contribution is -2.14. The number of aromatic nitrogens is 4. The Bertz CT molecular complexity index is 872. The molecule has 0 aliphatic heterocycles. The largest absolute Gasteiger partial charge is 0.446 e. The summed E-state index contributed by atoms with van der Waals surface area (Å²) in [5, 5.41) is 19.7. The molecule has 0 saturated heterocycles. The predicted octanol–water partition coefficient (Wildman–Crippen LogP) is 1.20. The number of benzene rings is 1. The van der Waals surface area contributed by atoms with Crippen molar-refractivity contribution in [1.29, 1.82) is 0 Å². The lowest BCUT2D eigenvalue weighted by molar-refractivity contribution is 0.282. The standard InChI is InChI=1S/C12H8ClFN4O4/c13-7-5-6(1-2-8(7)14)18-11(17-21-12(18)20)10-9(3-4-19)15-22-16-10/h1-2,5,19H,3-4H2. The molecule has 22 heavy (non-hydrogen) atoms. The molecule has 0 atom stereocenters. The molecule has 10 heteroatoms. The van der Waals surface area contributed by atoms with E-state index in [1.165, 1.54) is 12.1 Å². The summed E-state index contributed by atoms with van der Waals surface area (Å²) in [6.07, 6.45) is 0.157. The van der Waals surface area contributed by atoms with Crippen LogP contribution in [0.15, 0.2) is 32.1 Å². The molecule has 3 aromatic rings. The van der Waals surface area contributed by atoms with Crippen LogP contribution in [0.5, 0.6) is 0 Å². The van der Waals surface area contributed by atoms with Crippen molar-refractivity contribution in [1.82, 2.24) is 20.0 Å². The molecule has 0 aliphatic rings. The maximum Gasteiger partial charge on any atom is 0.446 e. The Morgan fingerprint density at radius 2 is 2.14 bits per heavy atom. The highest BCUT2D eigenvalue weighted by molar-refractivity contribution is 6.30. The van der Waals surface area contributed by atoms with Crippen molar-refractivity contribution in [3.8, 4) is 17.2 Å². The fraction of sp³-hybridized carbons (Fsp3) is 0.167. The van der Waals surface area contributed by atoms with Gasteiger partial charge < -0.3 is 5.11 Å². The highest BCUT2D eigenvalue weighted by atomic mass is 35.5. The van der Waals surface area contributed by atoms with E-state index in [4.69, 9.17) is 16.7 Å². The third kappa shape index (κ3) is 2.40. The second-order valence-electron chi connectivity index (χ2n) is 4.24. The molecule has 2 aromatic heterocycles. The molecule has 0 amide bonds. The van der Waals surface area contributed by atoms with Crippen LogP contribution < -0.4 is 5.76 Å². The number of aliphatic hydroxyl groups is 1. The fourth-order valence-corrected chi connectivity index (χ4v) is 2.07. The second kappa shape index (κ2) is 5.70.